The molecule has 0 aliphatic carbocycles. The highest BCUT2D eigenvalue weighted by Gasteiger charge is 2.26. The first-order chi connectivity index (χ1) is 7.31. The molecule has 1 fully saturated rings. The lowest BCUT2D eigenvalue weighted by Crippen LogP contribution is -2.28. The molecule has 1 aromatic heterocycles. The highest BCUT2D eigenvalue weighted by atomic mass is 32.1. The Bertz CT molecular complexity index is 304. The van der Waals surface area contributed by atoms with E-state index < -0.39 is 0 Å². The smallest absolute Gasteiger partial charge is 0.0513 e. The first kappa shape index (κ1) is 11.1. The molecule has 1 saturated heterocycles. The maximum absolute atomic E-state index is 5.48. The second-order valence-corrected chi connectivity index (χ2v) is 5.27. The first-order valence-electron chi connectivity index (χ1n) is 5.67. The van der Waals surface area contributed by atoms with Crippen LogP contribution in [0, 0.1) is 12.8 Å². The zero-order valence-electron chi connectivity index (χ0n) is 9.45. The Balaban J connectivity index is 2.11. The van der Waals surface area contributed by atoms with Gasteiger partial charge in [0.05, 0.1) is 6.61 Å². The maximum Gasteiger partial charge on any atom is 0.0513 e. The number of aryl methyl sites for hydroxylation is 1. The van der Waals surface area contributed by atoms with Crippen molar-refractivity contribution >= 4 is 11.3 Å². The molecule has 1 aromatic rings. The van der Waals surface area contributed by atoms with Crippen molar-refractivity contribution in [2.45, 2.75) is 26.3 Å². The monoisotopic (exact) mass is 225 g/mol. The van der Waals surface area contributed by atoms with Crippen molar-refractivity contribution in [1.29, 1.82) is 0 Å². The van der Waals surface area contributed by atoms with E-state index in [1.54, 1.807) is 0 Å². The zero-order valence-corrected chi connectivity index (χ0v) is 10.3. The van der Waals surface area contributed by atoms with E-state index in [4.69, 9.17) is 4.74 Å². The van der Waals surface area contributed by atoms with Crippen molar-refractivity contribution in [3.05, 3.63) is 21.9 Å². The molecule has 1 aliphatic heterocycles. The van der Waals surface area contributed by atoms with Gasteiger partial charge in [-0.1, -0.05) is 6.92 Å². The molecule has 84 valence electrons. The van der Waals surface area contributed by atoms with E-state index in [0.29, 0.717) is 12.0 Å². The molecule has 0 amide bonds. The minimum Gasteiger partial charge on any atom is -0.381 e. The third kappa shape index (κ3) is 2.60. The molecule has 2 atom stereocenters. The normalized spacial score (nSPS) is 23.2. The summed E-state index contributed by atoms with van der Waals surface area (Å²) in [6, 6.07) is 2.79. The lowest BCUT2D eigenvalue weighted by atomic mass is 9.94. The van der Waals surface area contributed by atoms with Gasteiger partial charge in [0.2, 0.25) is 0 Å². The van der Waals surface area contributed by atoms with Gasteiger partial charge in [0.25, 0.3) is 0 Å². The predicted octanol–water partition coefficient (Wildman–Crippen LogP) is 2.74. The Morgan fingerprint density at radius 3 is 3.07 bits per heavy atom. The highest BCUT2D eigenvalue weighted by molar-refractivity contribution is 7.10. The van der Waals surface area contributed by atoms with Crippen molar-refractivity contribution in [2.75, 3.05) is 19.8 Å². The van der Waals surface area contributed by atoms with Gasteiger partial charge in [-0.05, 0) is 36.9 Å². The van der Waals surface area contributed by atoms with E-state index >= 15 is 0 Å². The summed E-state index contributed by atoms with van der Waals surface area (Å²) in [6.45, 7) is 7.20. The van der Waals surface area contributed by atoms with Gasteiger partial charge in [-0.3, -0.25) is 0 Å². The van der Waals surface area contributed by atoms with Crippen molar-refractivity contribution in [1.82, 2.24) is 5.32 Å². The van der Waals surface area contributed by atoms with Crippen LogP contribution in [0.25, 0.3) is 0 Å². The van der Waals surface area contributed by atoms with E-state index in [2.05, 4.69) is 30.6 Å². The van der Waals surface area contributed by atoms with Crippen LogP contribution in [0.2, 0.25) is 0 Å². The highest BCUT2D eigenvalue weighted by Crippen LogP contribution is 2.31. The van der Waals surface area contributed by atoms with Crippen LogP contribution in [0.3, 0.4) is 0 Å². The van der Waals surface area contributed by atoms with E-state index in [-0.39, 0.29) is 0 Å². The molecular formula is C12H19NOS. The average Bonchev–Trinajstić information content (AvgIpc) is 2.85. The first-order valence-corrected chi connectivity index (χ1v) is 6.55. The standard InChI is InChI=1S/C12H19NOS/c1-3-13-12(10-4-5-14-7-10)11-6-9(2)15-8-11/h6,8,10,12-13H,3-5,7H2,1-2H3. The van der Waals surface area contributed by atoms with E-state index in [1.165, 1.54) is 16.9 Å². The molecule has 1 N–H and O–H groups in total. The van der Waals surface area contributed by atoms with Gasteiger partial charge >= 0.3 is 0 Å². The molecule has 0 aromatic carbocycles. The van der Waals surface area contributed by atoms with Crippen molar-refractivity contribution in [3.8, 4) is 0 Å². The molecule has 1 aliphatic rings. The lowest BCUT2D eigenvalue weighted by Gasteiger charge is -2.22. The molecule has 2 heterocycles. The Morgan fingerprint density at radius 1 is 1.67 bits per heavy atom. The van der Waals surface area contributed by atoms with Gasteiger partial charge in [0.1, 0.15) is 0 Å². The summed E-state index contributed by atoms with van der Waals surface area (Å²) in [5.74, 6) is 0.652. The summed E-state index contributed by atoms with van der Waals surface area (Å²) < 4.78 is 5.48. The van der Waals surface area contributed by atoms with E-state index in [9.17, 15) is 0 Å². The average molecular weight is 225 g/mol. The third-order valence-corrected chi connectivity index (χ3v) is 3.85. The number of nitrogens with one attached hydrogen (secondary N) is 1. The maximum atomic E-state index is 5.48. The Labute approximate surface area is 95.6 Å². The fraction of sp³-hybridized carbons (Fsp3) is 0.667. The largest absolute Gasteiger partial charge is 0.381 e. The van der Waals surface area contributed by atoms with Gasteiger partial charge in [-0.2, -0.15) is 0 Å². The van der Waals surface area contributed by atoms with Gasteiger partial charge in [0.15, 0.2) is 0 Å². The molecule has 15 heavy (non-hydrogen) atoms. The van der Waals surface area contributed by atoms with Crippen molar-refractivity contribution < 1.29 is 4.74 Å². The quantitative estimate of drug-likeness (QED) is 0.850. The predicted molar refractivity (Wildman–Crippen MR) is 64.4 cm³/mol. The van der Waals surface area contributed by atoms with Crippen LogP contribution >= 0.6 is 11.3 Å². The number of thiophene rings is 1. The van der Waals surface area contributed by atoms with Gasteiger partial charge < -0.3 is 10.1 Å². The van der Waals surface area contributed by atoms with Crippen molar-refractivity contribution in [2.24, 2.45) is 5.92 Å². The van der Waals surface area contributed by atoms with Crippen LogP contribution in [-0.4, -0.2) is 19.8 Å². The number of hydrogen-bond donors (Lipinski definition) is 1. The molecule has 2 rings (SSSR count). The summed E-state index contributed by atoms with van der Waals surface area (Å²) in [4.78, 5) is 1.40. The van der Waals surface area contributed by atoms with Crippen LogP contribution in [0.15, 0.2) is 11.4 Å². The summed E-state index contributed by atoms with van der Waals surface area (Å²) in [6.07, 6.45) is 1.19. The van der Waals surface area contributed by atoms with Gasteiger partial charge in [-0.25, -0.2) is 0 Å². The molecule has 2 nitrogen and oxygen atoms in total. The molecule has 0 saturated carbocycles. The fourth-order valence-electron chi connectivity index (χ4n) is 2.22. The Hall–Kier alpha value is -0.380. The Morgan fingerprint density at radius 2 is 2.53 bits per heavy atom. The zero-order chi connectivity index (χ0) is 10.7. The summed E-state index contributed by atoms with van der Waals surface area (Å²) >= 11 is 1.84. The molecule has 0 bridgehead atoms. The van der Waals surface area contributed by atoms with Crippen LogP contribution in [0.1, 0.15) is 29.8 Å². The third-order valence-electron chi connectivity index (χ3n) is 2.97. The van der Waals surface area contributed by atoms with Crippen LogP contribution in [0.5, 0.6) is 0 Å². The van der Waals surface area contributed by atoms with Gasteiger partial charge in [0, 0.05) is 23.4 Å². The van der Waals surface area contributed by atoms with Crippen molar-refractivity contribution in [3.63, 3.8) is 0 Å². The second-order valence-electron chi connectivity index (χ2n) is 4.15. The molecule has 0 radical (unpaired) electrons. The van der Waals surface area contributed by atoms with E-state index in [0.717, 1.165) is 19.8 Å². The van der Waals surface area contributed by atoms with Crippen LogP contribution in [0.4, 0.5) is 0 Å². The lowest BCUT2D eigenvalue weighted by molar-refractivity contribution is 0.177. The fourth-order valence-corrected chi connectivity index (χ4v) is 2.96. The van der Waals surface area contributed by atoms with Crippen LogP contribution < -0.4 is 5.32 Å². The topological polar surface area (TPSA) is 21.3 Å². The summed E-state index contributed by atoms with van der Waals surface area (Å²) in [5.41, 5.74) is 1.44. The molecule has 0 spiro atoms. The molecular weight excluding hydrogens is 206 g/mol. The number of ether oxygens (including phenoxy) is 1. The number of rotatable bonds is 4. The minimum absolute atomic E-state index is 0.488. The minimum atomic E-state index is 0.488. The summed E-state index contributed by atoms with van der Waals surface area (Å²) in [5, 5.41) is 5.86. The van der Waals surface area contributed by atoms with E-state index in [1.807, 2.05) is 11.3 Å². The molecule has 3 heteroatoms. The van der Waals surface area contributed by atoms with Crippen LogP contribution in [-0.2, 0) is 4.74 Å². The summed E-state index contributed by atoms with van der Waals surface area (Å²) in [7, 11) is 0. The SMILES string of the molecule is CCNC(c1csc(C)c1)C1CCOC1. The second kappa shape index (κ2) is 5.10. The molecule has 2 unspecified atom stereocenters. The Kier molecular flexibility index (Phi) is 3.78. The van der Waals surface area contributed by atoms with Gasteiger partial charge in [-0.15, -0.1) is 11.3 Å². The number of hydrogen-bond acceptors (Lipinski definition) is 3.